The Hall–Kier alpha value is -2.22. The second-order valence-corrected chi connectivity index (χ2v) is 5.24. The molecule has 2 aromatic carbocycles. The van der Waals surface area contributed by atoms with Crippen molar-refractivity contribution in [2.75, 3.05) is 0 Å². The first kappa shape index (κ1) is 10.7. The molecular weight excluding hydrogens is 236 g/mol. The van der Waals surface area contributed by atoms with Gasteiger partial charge in [0.25, 0.3) is 0 Å². The molecule has 0 saturated carbocycles. The standard InChI is InChI=1S/C17H12O2/c18-16-12-7-3-1-5-10(12)14-9-15(16)11-6-2-4-8-13(11)17(14)19/h1-8,14-15H,9H2/t14-,15-/m0/s1. The van der Waals surface area contributed by atoms with Crippen molar-refractivity contribution < 1.29 is 9.59 Å². The van der Waals surface area contributed by atoms with Crippen LogP contribution < -0.4 is 0 Å². The number of hydrogen-bond acceptors (Lipinski definition) is 2. The lowest BCUT2D eigenvalue weighted by Crippen LogP contribution is -2.33. The van der Waals surface area contributed by atoms with Crippen molar-refractivity contribution in [2.24, 2.45) is 0 Å². The number of Topliss-reactive ketones (excluding diaryl/α,β-unsaturated/α-hetero) is 2. The van der Waals surface area contributed by atoms with Crippen LogP contribution in [-0.2, 0) is 0 Å². The zero-order chi connectivity index (χ0) is 13.0. The number of carbonyl (C=O) groups is 2. The largest absolute Gasteiger partial charge is 0.293 e. The van der Waals surface area contributed by atoms with E-state index < -0.39 is 0 Å². The lowest BCUT2D eigenvalue weighted by atomic mass is 9.65. The van der Waals surface area contributed by atoms with Crippen LogP contribution in [0.1, 0.15) is 50.1 Å². The third-order valence-corrected chi connectivity index (χ3v) is 4.31. The minimum Gasteiger partial charge on any atom is -0.293 e. The molecule has 2 heteroatoms. The summed E-state index contributed by atoms with van der Waals surface area (Å²) in [6.07, 6.45) is 0.631. The Labute approximate surface area is 111 Å². The van der Waals surface area contributed by atoms with E-state index in [4.69, 9.17) is 0 Å². The molecule has 19 heavy (non-hydrogen) atoms. The SMILES string of the molecule is O=C1c2ccccc2[C@@H]2C[C@H]1c1ccccc1C2=O. The van der Waals surface area contributed by atoms with Crippen molar-refractivity contribution in [3.8, 4) is 0 Å². The molecule has 2 bridgehead atoms. The van der Waals surface area contributed by atoms with E-state index in [2.05, 4.69) is 0 Å². The Bertz CT molecular complexity index is 653. The molecule has 2 nitrogen and oxygen atoms in total. The Kier molecular flexibility index (Phi) is 2.05. The molecule has 2 aliphatic carbocycles. The van der Waals surface area contributed by atoms with E-state index in [9.17, 15) is 9.59 Å². The van der Waals surface area contributed by atoms with Crippen molar-refractivity contribution in [2.45, 2.75) is 18.3 Å². The van der Waals surface area contributed by atoms with E-state index >= 15 is 0 Å². The smallest absolute Gasteiger partial charge is 0.170 e. The third kappa shape index (κ3) is 1.31. The van der Waals surface area contributed by atoms with Gasteiger partial charge in [-0.1, -0.05) is 48.5 Å². The average molecular weight is 248 g/mol. The van der Waals surface area contributed by atoms with Gasteiger partial charge in [0, 0.05) is 23.0 Å². The Balaban J connectivity index is 2.01. The van der Waals surface area contributed by atoms with Crippen molar-refractivity contribution in [3.05, 3.63) is 70.8 Å². The molecule has 0 radical (unpaired) electrons. The zero-order valence-corrected chi connectivity index (χ0v) is 10.3. The molecule has 2 aromatic rings. The number of carbonyl (C=O) groups excluding carboxylic acids is 2. The van der Waals surface area contributed by atoms with Crippen LogP contribution in [0, 0.1) is 0 Å². The maximum absolute atomic E-state index is 12.6. The van der Waals surface area contributed by atoms with Crippen LogP contribution in [-0.4, -0.2) is 11.6 Å². The molecule has 0 aliphatic heterocycles. The van der Waals surface area contributed by atoms with Gasteiger partial charge in [0.05, 0.1) is 0 Å². The number of hydrogen-bond donors (Lipinski definition) is 0. The van der Waals surface area contributed by atoms with Crippen molar-refractivity contribution in [1.29, 1.82) is 0 Å². The van der Waals surface area contributed by atoms with Crippen LogP contribution >= 0.6 is 0 Å². The lowest BCUT2D eigenvalue weighted by Gasteiger charge is -2.35. The molecule has 0 fully saturated rings. The highest BCUT2D eigenvalue weighted by atomic mass is 16.1. The lowest BCUT2D eigenvalue weighted by molar-refractivity contribution is 0.0875. The summed E-state index contributed by atoms with van der Waals surface area (Å²) in [5.41, 5.74) is 3.27. The van der Waals surface area contributed by atoms with E-state index in [-0.39, 0.29) is 23.4 Å². The molecule has 92 valence electrons. The van der Waals surface area contributed by atoms with Gasteiger partial charge in [-0.05, 0) is 17.5 Å². The van der Waals surface area contributed by atoms with Crippen LogP contribution in [0.3, 0.4) is 0 Å². The normalized spacial score (nSPS) is 23.8. The number of fused-ring (bicyclic) bond motifs is 6. The Morgan fingerprint density at radius 2 is 1.11 bits per heavy atom. The summed E-state index contributed by atoms with van der Waals surface area (Å²) in [7, 11) is 0. The summed E-state index contributed by atoms with van der Waals surface area (Å²) in [4.78, 5) is 25.2. The number of rotatable bonds is 0. The monoisotopic (exact) mass is 248 g/mol. The molecule has 2 aliphatic rings. The minimum atomic E-state index is -0.145. The maximum atomic E-state index is 12.6. The predicted molar refractivity (Wildman–Crippen MR) is 71.6 cm³/mol. The summed E-state index contributed by atoms with van der Waals surface area (Å²) < 4.78 is 0. The summed E-state index contributed by atoms with van der Waals surface area (Å²) >= 11 is 0. The van der Waals surface area contributed by atoms with E-state index in [1.54, 1.807) is 0 Å². The fourth-order valence-electron chi connectivity index (χ4n) is 3.41. The molecule has 2 atom stereocenters. The third-order valence-electron chi connectivity index (χ3n) is 4.31. The molecule has 0 heterocycles. The molecule has 0 spiro atoms. The highest BCUT2D eigenvalue weighted by Gasteiger charge is 2.43. The quantitative estimate of drug-likeness (QED) is 0.716. The molecule has 0 N–H and O–H groups in total. The van der Waals surface area contributed by atoms with Crippen LogP contribution in [0.4, 0.5) is 0 Å². The summed E-state index contributed by atoms with van der Waals surface area (Å²) in [5.74, 6) is 0.0289. The van der Waals surface area contributed by atoms with Gasteiger partial charge in [-0.2, -0.15) is 0 Å². The Morgan fingerprint density at radius 3 is 1.58 bits per heavy atom. The summed E-state index contributed by atoms with van der Waals surface area (Å²) in [5, 5.41) is 0. The fourth-order valence-corrected chi connectivity index (χ4v) is 3.41. The second kappa shape index (κ2) is 3.64. The summed E-state index contributed by atoms with van der Waals surface area (Å²) in [6, 6.07) is 15.1. The topological polar surface area (TPSA) is 34.1 Å². The highest BCUT2D eigenvalue weighted by molar-refractivity contribution is 6.13. The van der Waals surface area contributed by atoms with Crippen LogP contribution in [0.5, 0.6) is 0 Å². The minimum absolute atomic E-state index is 0.145. The Morgan fingerprint density at radius 1 is 0.684 bits per heavy atom. The van der Waals surface area contributed by atoms with Crippen LogP contribution in [0.2, 0.25) is 0 Å². The zero-order valence-electron chi connectivity index (χ0n) is 10.3. The fraction of sp³-hybridized carbons (Fsp3) is 0.176. The van der Waals surface area contributed by atoms with Gasteiger partial charge in [0.2, 0.25) is 0 Å². The number of benzene rings is 2. The summed E-state index contributed by atoms with van der Waals surface area (Å²) in [6.45, 7) is 0. The average Bonchev–Trinajstić information content (AvgIpc) is 2.47. The van der Waals surface area contributed by atoms with Gasteiger partial charge in [-0.15, -0.1) is 0 Å². The second-order valence-electron chi connectivity index (χ2n) is 5.24. The van der Waals surface area contributed by atoms with Gasteiger partial charge in [0.1, 0.15) is 0 Å². The van der Waals surface area contributed by atoms with E-state index in [1.165, 1.54) is 0 Å². The van der Waals surface area contributed by atoms with Crippen LogP contribution in [0.25, 0.3) is 0 Å². The van der Waals surface area contributed by atoms with Gasteiger partial charge in [-0.25, -0.2) is 0 Å². The first-order chi connectivity index (χ1) is 9.27. The van der Waals surface area contributed by atoms with Gasteiger partial charge in [-0.3, -0.25) is 9.59 Å². The van der Waals surface area contributed by atoms with Crippen molar-refractivity contribution in [3.63, 3.8) is 0 Å². The predicted octanol–water partition coefficient (Wildman–Crippen LogP) is 3.34. The van der Waals surface area contributed by atoms with E-state index in [0.29, 0.717) is 6.42 Å². The highest BCUT2D eigenvalue weighted by Crippen LogP contribution is 2.46. The molecule has 0 unspecified atom stereocenters. The first-order valence-corrected chi connectivity index (χ1v) is 6.53. The maximum Gasteiger partial charge on any atom is 0.170 e. The van der Waals surface area contributed by atoms with Crippen LogP contribution in [0.15, 0.2) is 48.5 Å². The van der Waals surface area contributed by atoms with Crippen molar-refractivity contribution in [1.82, 2.24) is 0 Å². The van der Waals surface area contributed by atoms with Crippen molar-refractivity contribution >= 4 is 11.6 Å². The first-order valence-electron chi connectivity index (χ1n) is 6.53. The van der Waals surface area contributed by atoms with E-state index in [0.717, 1.165) is 22.3 Å². The van der Waals surface area contributed by atoms with Gasteiger partial charge in [0.15, 0.2) is 11.6 Å². The van der Waals surface area contributed by atoms with E-state index in [1.807, 2.05) is 48.5 Å². The molecular formula is C17H12O2. The van der Waals surface area contributed by atoms with Gasteiger partial charge >= 0.3 is 0 Å². The van der Waals surface area contributed by atoms with Gasteiger partial charge < -0.3 is 0 Å². The molecule has 0 saturated heterocycles. The molecule has 4 rings (SSSR count). The number of ketones is 2. The molecule has 0 aromatic heterocycles. The molecule has 0 amide bonds.